The SMILES string of the molecule is N=C(N)c1cccc(CCN)c1. The molecule has 64 valence electrons. The third-order valence-electron chi connectivity index (χ3n) is 1.67. The molecule has 0 saturated heterocycles. The number of amidine groups is 1. The van der Waals surface area contributed by atoms with Crippen LogP contribution < -0.4 is 11.5 Å². The maximum absolute atomic E-state index is 7.21. The van der Waals surface area contributed by atoms with Crippen LogP contribution in [-0.2, 0) is 6.42 Å². The Balaban J connectivity index is 2.88. The minimum absolute atomic E-state index is 0.105. The fourth-order valence-corrected chi connectivity index (χ4v) is 1.06. The molecule has 5 N–H and O–H groups in total. The molecule has 3 heteroatoms. The molecule has 0 aliphatic carbocycles. The van der Waals surface area contributed by atoms with Gasteiger partial charge in [-0.3, -0.25) is 5.41 Å². The monoisotopic (exact) mass is 163 g/mol. The number of nitrogens with two attached hydrogens (primary N) is 2. The highest BCUT2D eigenvalue weighted by atomic mass is 14.7. The highest BCUT2D eigenvalue weighted by molar-refractivity contribution is 5.95. The van der Waals surface area contributed by atoms with E-state index in [9.17, 15) is 0 Å². The smallest absolute Gasteiger partial charge is 0.122 e. The van der Waals surface area contributed by atoms with Crippen molar-refractivity contribution < 1.29 is 0 Å². The molecule has 0 radical (unpaired) electrons. The number of hydrogen-bond acceptors (Lipinski definition) is 2. The van der Waals surface area contributed by atoms with Gasteiger partial charge in [0.1, 0.15) is 5.84 Å². The zero-order valence-corrected chi connectivity index (χ0v) is 6.88. The molecule has 0 aromatic heterocycles. The van der Waals surface area contributed by atoms with Gasteiger partial charge in [0, 0.05) is 5.56 Å². The van der Waals surface area contributed by atoms with Crippen LogP contribution in [0.4, 0.5) is 0 Å². The summed E-state index contributed by atoms with van der Waals surface area (Å²) in [6.45, 7) is 0.626. The maximum atomic E-state index is 7.21. The molecule has 0 unspecified atom stereocenters. The normalized spacial score (nSPS) is 9.75. The summed E-state index contributed by atoms with van der Waals surface area (Å²) in [4.78, 5) is 0. The highest BCUT2D eigenvalue weighted by Gasteiger charge is 1.96. The maximum Gasteiger partial charge on any atom is 0.122 e. The van der Waals surface area contributed by atoms with Crippen LogP contribution in [0.1, 0.15) is 11.1 Å². The molecule has 1 aromatic carbocycles. The van der Waals surface area contributed by atoms with E-state index in [2.05, 4.69) is 0 Å². The van der Waals surface area contributed by atoms with Crippen LogP contribution in [0.3, 0.4) is 0 Å². The lowest BCUT2D eigenvalue weighted by Gasteiger charge is -2.01. The van der Waals surface area contributed by atoms with Gasteiger partial charge in [-0.1, -0.05) is 18.2 Å². The molecular formula is C9H13N3. The Labute approximate surface area is 71.9 Å². The Bertz CT molecular complexity index is 281. The molecule has 0 bridgehead atoms. The van der Waals surface area contributed by atoms with Gasteiger partial charge in [0.15, 0.2) is 0 Å². The Kier molecular flexibility index (Phi) is 2.82. The van der Waals surface area contributed by atoms with E-state index in [0.717, 1.165) is 17.5 Å². The largest absolute Gasteiger partial charge is 0.384 e. The predicted octanol–water partition coefficient (Wildman–Crippen LogP) is 0.472. The second kappa shape index (κ2) is 3.88. The summed E-state index contributed by atoms with van der Waals surface area (Å²) in [6, 6.07) is 7.60. The van der Waals surface area contributed by atoms with E-state index in [-0.39, 0.29) is 5.84 Å². The van der Waals surface area contributed by atoms with Crippen molar-refractivity contribution in [1.29, 1.82) is 5.41 Å². The fraction of sp³-hybridized carbons (Fsp3) is 0.222. The van der Waals surface area contributed by atoms with Gasteiger partial charge in [-0.05, 0) is 24.6 Å². The second-order valence-corrected chi connectivity index (χ2v) is 2.65. The highest BCUT2D eigenvalue weighted by Crippen LogP contribution is 2.04. The second-order valence-electron chi connectivity index (χ2n) is 2.65. The number of rotatable bonds is 3. The third-order valence-corrected chi connectivity index (χ3v) is 1.67. The van der Waals surface area contributed by atoms with Gasteiger partial charge in [0.2, 0.25) is 0 Å². The summed E-state index contributed by atoms with van der Waals surface area (Å²) >= 11 is 0. The van der Waals surface area contributed by atoms with E-state index in [1.165, 1.54) is 0 Å². The van der Waals surface area contributed by atoms with Gasteiger partial charge < -0.3 is 11.5 Å². The summed E-state index contributed by atoms with van der Waals surface area (Å²) in [5, 5.41) is 7.21. The van der Waals surface area contributed by atoms with Crippen LogP contribution in [0.15, 0.2) is 24.3 Å². The summed E-state index contributed by atoms with van der Waals surface area (Å²) in [7, 11) is 0. The van der Waals surface area contributed by atoms with Crippen molar-refractivity contribution in [2.24, 2.45) is 11.5 Å². The Morgan fingerprint density at radius 3 is 2.75 bits per heavy atom. The first kappa shape index (κ1) is 8.74. The third kappa shape index (κ3) is 2.07. The molecule has 3 nitrogen and oxygen atoms in total. The van der Waals surface area contributed by atoms with Crippen LogP contribution in [0.5, 0.6) is 0 Å². The van der Waals surface area contributed by atoms with Crippen molar-refractivity contribution in [2.75, 3.05) is 6.54 Å². The molecule has 0 fully saturated rings. The summed E-state index contributed by atoms with van der Waals surface area (Å²) in [5.41, 5.74) is 12.6. The zero-order valence-electron chi connectivity index (χ0n) is 6.88. The van der Waals surface area contributed by atoms with Gasteiger partial charge in [-0.25, -0.2) is 0 Å². The van der Waals surface area contributed by atoms with E-state index in [0.29, 0.717) is 6.54 Å². The quantitative estimate of drug-likeness (QED) is 0.447. The molecule has 0 heterocycles. The molecule has 1 aromatic rings. The molecule has 0 atom stereocenters. The van der Waals surface area contributed by atoms with E-state index in [4.69, 9.17) is 16.9 Å². The first-order valence-corrected chi connectivity index (χ1v) is 3.87. The van der Waals surface area contributed by atoms with Crippen molar-refractivity contribution in [3.05, 3.63) is 35.4 Å². The van der Waals surface area contributed by atoms with Gasteiger partial charge in [0.25, 0.3) is 0 Å². The topological polar surface area (TPSA) is 75.9 Å². The van der Waals surface area contributed by atoms with Crippen LogP contribution in [-0.4, -0.2) is 12.4 Å². The Morgan fingerprint density at radius 2 is 2.17 bits per heavy atom. The molecule has 0 amide bonds. The first-order valence-electron chi connectivity index (χ1n) is 3.87. The predicted molar refractivity (Wildman–Crippen MR) is 50.2 cm³/mol. The Hall–Kier alpha value is -1.35. The van der Waals surface area contributed by atoms with Crippen LogP contribution in [0.25, 0.3) is 0 Å². The van der Waals surface area contributed by atoms with Gasteiger partial charge >= 0.3 is 0 Å². The average Bonchev–Trinajstić information content (AvgIpc) is 2.05. The van der Waals surface area contributed by atoms with E-state index < -0.39 is 0 Å². The minimum Gasteiger partial charge on any atom is -0.384 e. The lowest BCUT2D eigenvalue weighted by molar-refractivity contribution is 0.968. The molecule has 1 rings (SSSR count). The fourth-order valence-electron chi connectivity index (χ4n) is 1.06. The molecular weight excluding hydrogens is 150 g/mol. The number of hydrogen-bond donors (Lipinski definition) is 3. The van der Waals surface area contributed by atoms with Crippen molar-refractivity contribution >= 4 is 5.84 Å². The molecule has 0 spiro atoms. The van der Waals surface area contributed by atoms with Crippen LogP contribution in [0.2, 0.25) is 0 Å². The summed E-state index contributed by atoms with van der Waals surface area (Å²) in [6.07, 6.45) is 0.834. The zero-order chi connectivity index (χ0) is 8.97. The van der Waals surface area contributed by atoms with E-state index in [1.807, 2.05) is 24.3 Å². The molecule has 0 saturated carbocycles. The Morgan fingerprint density at radius 1 is 1.42 bits per heavy atom. The summed E-state index contributed by atoms with van der Waals surface area (Å²) in [5.74, 6) is 0.105. The van der Waals surface area contributed by atoms with Crippen LogP contribution >= 0.6 is 0 Å². The lowest BCUT2D eigenvalue weighted by atomic mass is 10.1. The van der Waals surface area contributed by atoms with E-state index in [1.54, 1.807) is 0 Å². The number of benzene rings is 1. The van der Waals surface area contributed by atoms with Crippen LogP contribution in [0, 0.1) is 5.41 Å². The minimum atomic E-state index is 0.105. The molecule has 12 heavy (non-hydrogen) atoms. The summed E-state index contributed by atoms with van der Waals surface area (Å²) < 4.78 is 0. The first-order chi connectivity index (χ1) is 5.74. The van der Waals surface area contributed by atoms with Crippen molar-refractivity contribution in [3.63, 3.8) is 0 Å². The lowest BCUT2D eigenvalue weighted by Crippen LogP contribution is -2.11. The van der Waals surface area contributed by atoms with Gasteiger partial charge in [-0.2, -0.15) is 0 Å². The van der Waals surface area contributed by atoms with Gasteiger partial charge in [-0.15, -0.1) is 0 Å². The van der Waals surface area contributed by atoms with E-state index >= 15 is 0 Å². The van der Waals surface area contributed by atoms with Crippen molar-refractivity contribution in [2.45, 2.75) is 6.42 Å². The number of nitrogens with one attached hydrogen (secondary N) is 1. The molecule has 0 aliphatic heterocycles. The van der Waals surface area contributed by atoms with Crippen molar-refractivity contribution in [1.82, 2.24) is 0 Å². The molecule has 0 aliphatic rings. The van der Waals surface area contributed by atoms with Crippen molar-refractivity contribution in [3.8, 4) is 0 Å². The van der Waals surface area contributed by atoms with Gasteiger partial charge in [0.05, 0.1) is 0 Å². The standard InChI is InChI=1S/C9H13N3/c10-5-4-7-2-1-3-8(6-7)9(11)12/h1-3,6H,4-5,10H2,(H3,11,12). The number of nitrogen functional groups attached to an aromatic ring is 1. The average molecular weight is 163 g/mol.